The highest BCUT2D eigenvalue weighted by Crippen LogP contribution is 2.44. The van der Waals surface area contributed by atoms with Crippen LogP contribution in [0.1, 0.15) is 31.9 Å². The lowest BCUT2D eigenvalue weighted by Gasteiger charge is -2.37. The van der Waals surface area contributed by atoms with Crippen LogP contribution < -0.4 is 5.73 Å². The fourth-order valence-corrected chi connectivity index (χ4v) is 1.80. The molecule has 0 radical (unpaired) electrons. The van der Waals surface area contributed by atoms with Gasteiger partial charge in [-0.05, 0) is 18.6 Å². The van der Waals surface area contributed by atoms with Gasteiger partial charge in [-0.1, -0.05) is 26.8 Å². The summed E-state index contributed by atoms with van der Waals surface area (Å²) in [4.78, 5) is 0. The molecule has 96 valence electrons. The molecule has 0 bridgehead atoms. The molecular weight excluding hydrogens is 227 g/mol. The van der Waals surface area contributed by atoms with Gasteiger partial charge in [0.15, 0.2) is 5.67 Å². The first kappa shape index (κ1) is 14.0. The molecule has 0 heterocycles. The van der Waals surface area contributed by atoms with Gasteiger partial charge in [0, 0.05) is 12.0 Å². The Balaban J connectivity index is 3.56. The molecule has 4 heteroatoms. The van der Waals surface area contributed by atoms with E-state index >= 15 is 0 Å². The van der Waals surface area contributed by atoms with Gasteiger partial charge in [-0.2, -0.15) is 0 Å². The summed E-state index contributed by atoms with van der Waals surface area (Å²) in [6.07, 6.45) is 0. The van der Waals surface area contributed by atoms with E-state index in [1.54, 1.807) is 20.8 Å². The van der Waals surface area contributed by atoms with E-state index in [4.69, 9.17) is 5.73 Å². The van der Waals surface area contributed by atoms with Gasteiger partial charge in [0.05, 0.1) is 5.56 Å². The van der Waals surface area contributed by atoms with Crippen LogP contribution >= 0.6 is 0 Å². The normalized spacial score (nSPS) is 15.8. The number of hydrogen-bond donors (Lipinski definition) is 1. The van der Waals surface area contributed by atoms with Gasteiger partial charge in [0.1, 0.15) is 11.6 Å². The van der Waals surface area contributed by atoms with Crippen molar-refractivity contribution >= 4 is 0 Å². The summed E-state index contributed by atoms with van der Waals surface area (Å²) in [5.74, 6) is -1.75. The van der Waals surface area contributed by atoms with E-state index < -0.39 is 34.8 Å². The van der Waals surface area contributed by atoms with Gasteiger partial charge < -0.3 is 5.73 Å². The fraction of sp³-hybridized carbons (Fsp3) is 0.538. The van der Waals surface area contributed by atoms with Gasteiger partial charge in [-0.15, -0.1) is 0 Å². The highest BCUT2D eigenvalue weighted by Gasteiger charge is 2.46. The predicted octanol–water partition coefficient (Wildman–Crippen LogP) is 3.44. The van der Waals surface area contributed by atoms with Crippen molar-refractivity contribution in [2.45, 2.75) is 33.4 Å². The molecule has 0 spiro atoms. The Labute approximate surface area is 99.8 Å². The van der Waals surface area contributed by atoms with Crippen LogP contribution in [0.15, 0.2) is 12.1 Å². The van der Waals surface area contributed by atoms with E-state index in [0.717, 1.165) is 6.07 Å². The molecule has 1 atom stereocenters. The molecule has 0 saturated carbocycles. The summed E-state index contributed by atoms with van der Waals surface area (Å²) in [6, 6.07) is 2.36. The fourth-order valence-electron chi connectivity index (χ4n) is 1.80. The number of halogens is 3. The van der Waals surface area contributed by atoms with Gasteiger partial charge >= 0.3 is 0 Å². The molecule has 1 nitrogen and oxygen atoms in total. The lowest BCUT2D eigenvalue weighted by Crippen LogP contribution is -2.44. The third kappa shape index (κ3) is 2.18. The van der Waals surface area contributed by atoms with Crippen molar-refractivity contribution in [1.82, 2.24) is 0 Å². The maximum atomic E-state index is 14.9. The molecule has 0 aromatic heterocycles. The molecule has 1 aromatic carbocycles. The number of benzene rings is 1. The smallest absolute Gasteiger partial charge is 0.158 e. The molecule has 0 aliphatic carbocycles. The summed E-state index contributed by atoms with van der Waals surface area (Å²) in [7, 11) is 0. The highest BCUT2D eigenvalue weighted by molar-refractivity contribution is 5.33. The van der Waals surface area contributed by atoms with Gasteiger partial charge in [-0.3, -0.25) is 0 Å². The Morgan fingerprint density at radius 3 is 2.12 bits per heavy atom. The first-order chi connectivity index (χ1) is 7.65. The molecule has 0 amide bonds. The van der Waals surface area contributed by atoms with Crippen molar-refractivity contribution in [2.75, 3.05) is 6.54 Å². The number of rotatable bonds is 2. The molecule has 0 saturated heterocycles. The van der Waals surface area contributed by atoms with Crippen molar-refractivity contribution in [3.8, 4) is 0 Å². The van der Waals surface area contributed by atoms with E-state index in [2.05, 4.69) is 0 Å². The van der Waals surface area contributed by atoms with E-state index in [0.29, 0.717) is 0 Å². The molecule has 0 fully saturated rings. The molecule has 17 heavy (non-hydrogen) atoms. The second kappa shape index (κ2) is 4.33. The van der Waals surface area contributed by atoms with Crippen LogP contribution in [-0.4, -0.2) is 6.54 Å². The number of nitrogens with two attached hydrogens (primary N) is 1. The summed E-state index contributed by atoms with van der Waals surface area (Å²) in [6.45, 7) is 5.72. The lowest BCUT2D eigenvalue weighted by molar-refractivity contribution is 0.0268. The van der Waals surface area contributed by atoms with Crippen LogP contribution in [-0.2, 0) is 5.67 Å². The minimum Gasteiger partial charge on any atom is -0.327 e. The zero-order valence-corrected chi connectivity index (χ0v) is 10.6. The van der Waals surface area contributed by atoms with E-state index in [1.165, 1.54) is 13.0 Å². The van der Waals surface area contributed by atoms with Crippen molar-refractivity contribution in [2.24, 2.45) is 11.1 Å². The summed E-state index contributed by atoms with van der Waals surface area (Å²) < 4.78 is 42.5. The predicted molar refractivity (Wildman–Crippen MR) is 62.4 cm³/mol. The topological polar surface area (TPSA) is 26.0 Å². The monoisotopic (exact) mass is 245 g/mol. The molecule has 1 rings (SSSR count). The van der Waals surface area contributed by atoms with Gasteiger partial charge in [0.2, 0.25) is 0 Å². The minimum absolute atomic E-state index is 0.209. The standard InChI is InChI=1S/C13H18F3N/c1-8-5-6-9(14)10(11(8)15)13(16,7-17)12(2,3)4/h5-6H,7,17H2,1-4H3. The Hall–Kier alpha value is -1.03. The first-order valence-electron chi connectivity index (χ1n) is 5.49. The second-order valence-electron chi connectivity index (χ2n) is 5.31. The Bertz CT molecular complexity index is 423. The molecule has 1 unspecified atom stereocenters. The Morgan fingerprint density at radius 2 is 1.71 bits per heavy atom. The van der Waals surface area contributed by atoms with Gasteiger partial charge in [0.25, 0.3) is 0 Å². The number of aryl methyl sites for hydroxylation is 1. The Morgan fingerprint density at radius 1 is 1.18 bits per heavy atom. The summed E-state index contributed by atoms with van der Waals surface area (Å²) in [5, 5.41) is 0. The van der Waals surface area contributed by atoms with Crippen LogP contribution in [0.3, 0.4) is 0 Å². The molecule has 0 aliphatic rings. The quantitative estimate of drug-likeness (QED) is 0.848. The number of hydrogen-bond acceptors (Lipinski definition) is 1. The van der Waals surface area contributed by atoms with Crippen LogP contribution in [0.4, 0.5) is 13.2 Å². The average Bonchev–Trinajstić information content (AvgIpc) is 2.22. The zero-order chi connectivity index (χ0) is 13.4. The first-order valence-corrected chi connectivity index (χ1v) is 5.49. The highest BCUT2D eigenvalue weighted by atomic mass is 19.2. The zero-order valence-electron chi connectivity index (χ0n) is 10.6. The van der Waals surface area contributed by atoms with Crippen LogP contribution in [0.2, 0.25) is 0 Å². The SMILES string of the molecule is Cc1ccc(F)c(C(F)(CN)C(C)(C)C)c1F. The lowest BCUT2D eigenvalue weighted by atomic mass is 9.73. The maximum absolute atomic E-state index is 14.9. The van der Waals surface area contributed by atoms with Crippen molar-refractivity contribution < 1.29 is 13.2 Å². The van der Waals surface area contributed by atoms with E-state index in [1.807, 2.05) is 0 Å². The summed E-state index contributed by atoms with van der Waals surface area (Å²) in [5.41, 5.74) is 1.83. The van der Waals surface area contributed by atoms with Crippen LogP contribution in [0.25, 0.3) is 0 Å². The molecule has 1 aromatic rings. The van der Waals surface area contributed by atoms with E-state index in [9.17, 15) is 13.2 Å². The third-order valence-electron chi connectivity index (χ3n) is 3.15. The maximum Gasteiger partial charge on any atom is 0.158 e. The van der Waals surface area contributed by atoms with E-state index in [-0.39, 0.29) is 5.56 Å². The van der Waals surface area contributed by atoms with Crippen molar-refractivity contribution in [3.63, 3.8) is 0 Å². The second-order valence-corrected chi connectivity index (χ2v) is 5.31. The summed E-state index contributed by atoms with van der Waals surface area (Å²) >= 11 is 0. The van der Waals surface area contributed by atoms with Crippen molar-refractivity contribution in [3.05, 3.63) is 34.9 Å². The molecule has 0 aliphatic heterocycles. The minimum atomic E-state index is -2.23. The Kier molecular flexibility index (Phi) is 3.58. The molecule has 2 N–H and O–H groups in total. The van der Waals surface area contributed by atoms with Crippen LogP contribution in [0, 0.1) is 24.0 Å². The largest absolute Gasteiger partial charge is 0.327 e. The molecular formula is C13H18F3N. The van der Waals surface area contributed by atoms with Gasteiger partial charge in [-0.25, -0.2) is 13.2 Å². The third-order valence-corrected chi connectivity index (χ3v) is 3.15. The number of alkyl halides is 1. The average molecular weight is 245 g/mol. The van der Waals surface area contributed by atoms with Crippen LogP contribution in [0.5, 0.6) is 0 Å². The van der Waals surface area contributed by atoms with Crippen molar-refractivity contribution in [1.29, 1.82) is 0 Å².